The molecule has 0 aliphatic carbocycles. The number of fused-ring (bicyclic) bond motifs is 1. The van der Waals surface area contributed by atoms with E-state index in [0.29, 0.717) is 0 Å². The van der Waals surface area contributed by atoms with E-state index in [-0.39, 0.29) is 5.78 Å². The Morgan fingerprint density at radius 1 is 1.00 bits per heavy atom. The van der Waals surface area contributed by atoms with E-state index >= 15 is 0 Å². The molecule has 1 aromatic heterocycles. The third kappa shape index (κ3) is 1.95. The number of carbonyl (C=O) groups excluding carboxylic acids is 1. The van der Waals surface area contributed by atoms with Gasteiger partial charge in [0.25, 0.3) is 0 Å². The highest BCUT2D eigenvalue weighted by atomic mass is 16.1. The van der Waals surface area contributed by atoms with Crippen LogP contribution in [0.4, 0.5) is 0 Å². The van der Waals surface area contributed by atoms with E-state index in [1.807, 2.05) is 49.4 Å². The topological polar surface area (TPSA) is 32.9 Å². The van der Waals surface area contributed by atoms with Gasteiger partial charge in [0.2, 0.25) is 0 Å². The molecule has 19 heavy (non-hydrogen) atoms. The summed E-state index contributed by atoms with van der Waals surface area (Å²) in [7, 11) is 0. The Hall–Kier alpha value is -2.35. The minimum absolute atomic E-state index is 0.0700. The summed E-state index contributed by atoms with van der Waals surface area (Å²) < 4.78 is 0. The van der Waals surface area contributed by atoms with Gasteiger partial charge in [-0.1, -0.05) is 30.3 Å². The number of hydrogen-bond acceptors (Lipinski definition) is 1. The minimum Gasteiger partial charge on any atom is -0.360 e. The molecule has 1 N–H and O–H groups in total. The third-order valence-electron chi connectivity index (χ3n) is 3.60. The predicted molar refractivity (Wildman–Crippen MR) is 77.6 cm³/mol. The van der Waals surface area contributed by atoms with Crippen LogP contribution in [0.2, 0.25) is 0 Å². The molecule has 0 atom stereocenters. The number of aromatic nitrogens is 1. The van der Waals surface area contributed by atoms with E-state index in [4.69, 9.17) is 0 Å². The van der Waals surface area contributed by atoms with Crippen LogP contribution in [0.3, 0.4) is 0 Å². The van der Waals surface area contributed by atoms with Crippen molar-refractivity contribution in [2.24, 2.45) is 0 Å². The molecule has 3 aromatic rings. The molecule has 0 saturated heterocycles. The molecule has 0 aliphatic heterocycles. The van der Waals surface area contributed by atoms with Crippen molar-refractivity contribution >= 4 is 16.7 Å². The predicted octanol–water partition coefficient (Wildman–Crippen LogP) is 4.02. The standard InChI is InChI=1S/C17H15NO/c1-11-7-8-13(9-12(11)2)17(19)15-10-18-16-6-4-3-5-14(15)16/h3-10,18H,1-2H3. The van der Waals surface area contributed by atoms with Crippen LogP contribution in [0.25, 0.3) is 10.9 Å². The summed E-state index contributed by atoms with van der Waals surface area (Å²) in [6.45, 7) is 4.08. The van der Waals surface area contributed by atoms with Crippen molar-refractivity contribution in [2.45, 2.75) is 13.8 Å². The summed E-state index contributed by atoms with van der Waals surface area (Å²) in [4.78, 5) is 15.7. The number of aryl methyl sites for hydroxylation is 2. The van der Waals surface area contributed by atoms with Crippen molar-refractivity contribution in [2.75, 3.05) is 0 Å². The summed E-state index contributed by atoms with van der Waals surface area (Å²) in [5.41, 5.74) is 4.82. The number of benzene rings is 2. The number of carbonyl (C=O) groups is 1. The number of nitrogens with one attached hydrogen (secondary N) is 1. The van der Waals surface area contributed by atoms with Crippen LogP contribution in [0.1, 0.15) is 27.0 Å². The van der Waals surface area contributed by atoms with Gasteiger partial charge >= 0.3 is 0 Å². The van der Waals surface area contributed by atoms with E-state index in [1.165, 1.54) is 5.56 Å². The number of ketones is 1. The van der Waals surface area contributed by atoms with Crippen molar-refractivity contribution in [3.63, 3.8) is 0 Å². The molecule has 0 amide bonds. The van der Waals surface area contributed by atoms with Gasteiger partial charge in [0.1, 0.15) is 0 Å². The van der Waals surface area contributed by atoms with Crippen LogP contribution < -0.4 is 0 Å². The van der Waals surface area contributed by atoms with E-state index in [9.17, 15) is 4.79 Å². The van der Waals surface area contributed by atoms with Crippen molar-refractivity contribution in [1.82, 2.24) is 4.98 Å². The maximum atomic E-state index is 12.6. The first-order valence-corrected chi connectivity index (χ1v) is 6.35. The van der Waals surface area contributed by atoms with Gasteiger partial charge in [0, 0.05) is 28.2 Å². The average molecular weight is 249 g/mol. The highest BCUT2D eigenvalue weighted by Crippen LogP contribution is 2.21. The lowest BCUT2D eigenvalue weighted by Crippen LogP contribution is -2.01. The molecule has 0 fully saturated rings. The second-order valence-electron chi connectivity index (χ2n) is 4.88. The van der Waals surface area contributed by atoms with Crippen LogP contribution >= 0.6 is 0 Å². The second-order valence-corrected chi connectivity index (χ2v) is 4.88. The van der Waals surface area contributed by atoms with E-state index in [2.05, 4.69) is 11.9 Å². The number of para-hydroxylation sites is 1. The summed E-state index contributed by atoms with van der Waals surface area (Å²) >= 11 is 0. The van der Waals surface area contributed by atoms with Gasteiger partial charge in [-0.05, 0) is 37.1 Å². The Morgan fingerprint density at radius 2 is 1.79 bits per heavy atom. The van der Waals surface area contributed by atoms with Crippen LogP contribution in [0.5, 0.6) is 0 Å². The molecule has 2 aromatic carbocycles. The summed E-state index contributed by atoms with van der Waals surface area (Å²) in [6, 6.07) is 13.7. The first-order chi connectivity index (χ1) is 9.16. The summed E-state index contributed by atoms with van der Waals surface area (Å²) in [5.74, 6) is 0.0700. The highest BCUT2D eigenvalue weighted by Gasteiger charge is 2.14. The molecular weight excluding hydrogens is 234 g/mol. The molecule has 0 unspecified atom stereocenters. The third-order valence-corrected chi connectivity index (χ3v) is 3.60. The summed E-state index contributed by atoms with van der Waals surface area (Å²) in [6.07, 6.45) is 1.79. The first-order valence-electron chi connectivity index (χ1n) is 6.35. The van der Waals surface area contributed by atoms with Crippen molar-refractivity contribution in [1.29, 1.82) is 0 Å². The van der Waals surface area contributed by atoms with Gasteiger partial charge in [0.05, 0.1) is 0 Å². The molecule has 0 spiro atoms. The largest absolute Gasteiger partial charge is 0.360 e. The van der Waals surface area contributed by atoms with Gasteiger partial charge in [-0.2, -0.15) is 0 Å². The van der Waals surface area contributed by atoms with Gasteiger partial charge in [0.15, 0.2) is 5.78 Å². The molecule has 2 nitrogen and oxygen atoms in total. The Labute approximate surface area is 112 Å². The Morgan fingerprint density at radius 3 is 2.58 bits per heavy atom. The molecule has 0 aliphatic rings. The van der Waals surface area contributed by atoms with Crippen LogP contribution in [-0.4, -0.2) is 10.8 Å². The van der Waals surface area contributed by atoms with Crippen molar-refractivity contribution < 1.29 is 4.79 Å². The van der Waals surface area contributed by atoms with Gasteiger partial charge in [-0.3, -0.25) is 4.79 Å². The molecule has 0 bridgehead atoms. The molecule has 0 radical (unpaired) electrons. The zero-order valence-corrected chi connectivity index (χ0v) is 11.0. The second kappa shape index (κ2) is 4.39. The molecule has 3 rings (SSSR count). The van der Waals surface area contributed by atoms with Crippen LogP contribution in [0.15, 0.2) is 48.7 Å². The molecule has 0 saturated carbocycles. The van der Waals surface area contributed by atoms with Crippen molar-refractivity contribution in [3.8, 4) is 0 Å². The maximum absolute atomic E-state index is 12.6. The lowest BCUT2D eigenvalue weighted by Gasteiger charge is -2.04. The monoisotopic (exact) mass is 249 g/mol. The SMILES string of the molecule is Cc1ccc(C(=O)c2c[nH]c3ccccc23)cc1C. The van der Waals surface area contributed by atoms with Crippen LogP contribution in [-0.2, 0) is 0 Å². The lowest BCUT2D eigenvalue weighted by atomic mass is 9.99. The average Bonchev–Trinajstić information content (AvgIpc) is 2.85. The number of aromatic amines is 1. The van der Waals surface area contributed by atoms with Gasteiger partial charge < -0.3 is 4.98 Å². The zero-order chi connectivity index (χ0) is 13.4. The number of rotatable bonds is 2. The molecule has 94 valence electrons. The van der Waals surface area contributed by atoms with Crippen molar-refractivity contribution in [3.05, 3.63) is 70.9 Å². The Kier molecular flexibility index (Phi) is 2.71. The normalized spacial score (nSPS) is 10.8. The smallest absolute Gasteiger partial charge is 0.195 e. The summed E-state index contributed by atoms with van der Waals surface area (Å²) in [5, 5.41) is 0.978. The van der Waals surface area contributed by atoms with E-state index in [0.717, 1.165) is 27.6 Å². The van der Waals surface area contributed by atoms with Crippen LogP contribution in [0, 0.1) is 13.8 Å². The van der Waals surface area contributed by atoms with E-state index < -0.39 is 0 Å². The number of H-pyrrole nitrogens is 1. The molecule has 1 heterocycles. The zero-order valence-electron chi connectivity index (χ0n) is 11.0. The Bertz CT molecular complexity index is 768. The van der Waals surface area contributed by atoms with Gasteiger partial charge in [-0.25, -0.2) is 0 Å². The maximum Gasteiger partial charge on any atom is 0.195 e. The molecule has 2 heteroatoms. The fourth-order valence-electron chi connectivity index (χ4n) is 2.30. The fraction of sp³-hybridized carbons (Fsp3) is 0.118. The highest BCUT2D eigenvalue weighted by molar-refractivity contribution is 6.16. The fourth-order valence-corrected chi connectivity index (χ4v) is 2.30. The minimum atomic E-state index is 0.0700. The lowest BCUT2D eigenvalue weighted by molar-refractivity contribution is 0.104. The number of hydrogen-bond donors (Lipinski definition) is 1. The van der Waals surface area contributed by atoms with E-state index in [1.54, 1.807) is 6.20 Å². The molecular formula is C17H15NO. The van der Waals surface area contributed by atoms with Gasteiger partial charge in [-0.15, -0.1) is 0 Å². The first kappa shape index (κ1) is 11.7. The Balaban J connectivity index is 2.11. The quantitative estimate of drug-likeness (QED) is 0.684.